The molecule has 2 N–H and O–H groups in total. The molecule has 0 radical (unpaired) electrons. The Morgan fingerprint density at radius 3 is 2.50 bits per heavy atom. The normalized spacial score (nSPS) is 28.8. The number of ether oxygens (including phenoxy) is 2. The third-order valence-electron chi connectivity index (χ3n) is 1.43. The number of nitrogens with two attached hydrogens (primary N) is 1. The number of halogens is 1. The van der Waals surface area contributed by atoms with Gasteiger partial charge in [-0.25, -0.2) is 0 Å². The zero-order chi connectivity index (χ0) is 6.69. The SMILES string of the molecule is CC(N)C1COCCO1.Cl. The highest BCUT2D eigenvalue weighted by Crippen LogP contribution is 2.02. The molecule has 2 atom stereocenters. The van der Waals surface area contributed by atoms with Crippen LogP contribution in [0.1, 0.15) is 6.92 Å². The van der Waals surface area contributed by atoms with Gasteiger partial charge >= 0.3 is 0 Å². The maximum absolute atomic E-state index is 5.56. The van der Waals surface area contributed by atoms with E-state index in [9.17, 15) is 0 Å². The van der Waals surface area contributed by atoms with Crippen LogP contribution in [0.4, 0.5) is 0 Å². The molecule has 0 aromatic heterocycles. The average Bonchev–Trinajstić information content (AvgIpc) is 1.90. The predicted octanol–water partition coefficient (Wildman–Crippen LogP) is 0.171. The third-order valence-corrected chi connectivity index (χ3v) is 1.43. The second-order valence-corrected chi connectivity index (χ2v) is 2.34. The Hall–Kier alpha value is 0.170. The monoisotopic (exact) mass is 167 g/mol. The molecule has 0 aliphatic carbocycles. The molecule has 1 saturated heterocycles. The lowest BCUT2D eigenvalue weighted by Crippen LogP contribution is -2.41. The molecule has 1 aliphatic rings. The summed E-state index contributed by atoms with van der Waals surface area (Å²) in [5.74, 6) is 0. The quantitative estimate of drug-likeness (QED) is 0.606. The summed E-state index contributed by atoms with van der Waals surface area (Å²) < 4.78 is 10.4. The van der Waals surface area contributed by atoms with Crippen LogP contribution < -0.4 is 5.73 Å². The molecule has 0 saturated carbocycles. The van der Waals surface area contributed by atoms with Crippen molar-refractivity contribution in [3.8, 4) is 0 Å². The Bertz CT molecular complexity index is 83.8. The van der Waals surface area contributed by atoms with E-state index in [1.807, 2.05) is 6.92 Å². The molecule has 0 aromatic rings. The summed E-state index contributed by atoms with van der Waals surface area (Å²) in [5, 5.41) is 0. The van der Waals surface area contributed by atoms with Gasteiger partial charge in [-0.15, -0.1) is 12.4 Å². The first-order valence-electron chi connectivity index (χ1n) is 3.25. The van der Waals surface area contributed by atoms with Crippen LogP contribution >= 0.6 is 12.4 Å². The first kappa shape index (κ1) is 10.2. The van der Waals surface area contributed by atoms with E-state index < -0.39 is 0 Å². The van der Waals surface area contributed by atoms with E-state index in [4.69, 9.17) is 15.2 Å². The minimum Gasteiger partial charge on any atom is -0.376 e. The standard InChI is InChI=1S/C6H13NO2.ClH/c1-5(7)6-4-8-2-3-9-6;/h5-6H,2-4,7H2,1H3;1H. The van der Waals surface area contributed by atoms with Crippen LogP contribution in [0.3, 0.4) is 0 Å². The molecular weight excluding hydrogens is 154 g/mol. The van der Waals surface area contributed by atoms with Gasteiger partial charge in [0.1, 0.15) is 0 Å². The van der Waals surface area contributed by atoms with E-state index in [-0.39, 0.29) is 24.6 Å². The molecule has 2 unspecified atom stereocenters. The highest BCUT2D eigenvalue weighted by molar-refractivity contribution is 5.85. The minimum atomic E-state index is 0. The first-order chi connectivity index (χ1) is 4.30. The Morgan fingerprint density at radius 2 is 2.20 bits per heavy atom. The van der Waals surface area contributed by atoms with Gasteiger partial charge in [0.15, 0.2) is 0 Å². The summed E-state index contributed by atoms with van der Waals surface area (Å²) >= 11 is 0. The second-order valence-electron chi connectivity index (χ2n) is 2.34. The molecule has 0 aromatic carbocycles. The molecule has 1 fully saturated rings. The van der Waals surface area contributed by atoms with Crippen LogP contribution in [-0.2, 0) is 9.47 Å². The van der Waals surface area contributed by atoms with Crippen LogP contribution in [0, 0.1) is 0 Å². The highest BCUT2D eigenvalue weighted by atomic mass is 35.5. The molecule has 0 amide bonds. The minimum absolute atomic E-state index is 0. The zero-order valence-corrected chi connectivity index (χ0v) is 6.89. The lowest BCUT2D eigenvalue weighted by atomic mass is 10.2. The van der Waals surface area contributed by atoms with Gasteiger partial charge in [0, 0.05) is 6.04 Å². The molecule has 1 heterocycles. The van der Waals surface area contributed by atoms with E-state index in [2.05, 4.69) is 0 Å². The van der Waals surface area contributed by atoms with Gasteiger partial charge in [-0.1, -0.05) is 0 Å². The van der Waals surface area contributed by atoms with Crippen LogP contribution in [0.15, 0.2) is 0 Å². The number of hydrogen-bond donors (Lipinski definition) is 1. The third kappa shape index (κ3) is 2.84. The van der Waals surface area contributed by atoms with Crippen molar-refractivity contribution in [3.63, 3.8) is 0 Å². The van der Waals surface area contributed by atoms with Crippen molar-refractivity contribution >= 4 is 12.4 Å². The predicted molar refractivity (Wildman–Crippen MR) is 41.5 cm³/mol. The van der Waals surface area contributed by atoms with Gasteiger partial charge in [-0.2, -0.15) is 0 Å². The Balaban J connectivity index is 0.000000810. The lowest BCUT2D eigenvalue weighted by Gasteiger charge is -2.25. The molecule has 10 heavy (non-hydrogen) atoms. The Labute approximate surface area is 67.3 Å². The van der Waals surface area contributed by atoms with Gasteiger partial charge in [-0.05, 0) is 6.92 Å². The molecule has 0 spiro atoms. The van der Waals surface area contributed by atoms with Gasteiger partial charge in [-0.3, -0.25) is 0 Å². The van der Waals surface area contributed by atoms with E-state index >= 15 is 0 Å². The summed E-state index contributed by atoms with van der Waals surface area (Å²) in [4.78, 5) is 0. The van der Waals surface area contributed by atoms with Crippen LogP contribution in [0.2, 0.25) is 0 Å². The van der Waals surface area contributed by atoms with Crippen molar-refractivity contribution in [1.29, 1.82) is 0 Å². The van der Waals surface area contributed by atoms with Crippen molar-refractivity contribution in [1.82, 2.24) is 0 Å². The molecule has 0 bridgehead atoms. The summed E-state index contributed by atoms with van der Waals surface area (Å²) in [5.41, 5.74) is 5.56. The fourth-order valence-corrected chi connectivity index (χ4v) is 0.810. The van der Waals surface area contributed by atoms with E-state index in [1.165, 1.54) is 0 Å². The van der Waals surface area contributed by atoms with Crippen LogP contribution in [0.5, 0.6) is 0 Å². The molecule has 62 valence electrons. The Kier molecular flexibility index (Phi) is 4.99. The molecular formula is C6H14ClNO2. The van der Waals surface area contributed by atoms with Gasteiger partial charge in [0.05, 0.1) is 25.9 Å². The summed E-state index contributed by atoms with van der Waals surface area (Å²) in [6.07, 6.45) is 0.110. The second kappa shape index (κ2) is 4.91. The van der Waals surface area contributed by atoms with Crippen molar-refractivity contribution in [2.24, 2.45) is 5.73 Å². The molecule has 3 nitrogen and oxygen atoms in total. The fraction of sp³-hybridized carbons (Fsp3) is 1.00. The summed E-state index contributed by atoms with van der Waals surface area (Å²) in [6.45, 7) is 3.98. The smallest absolute Gasteiger partial charge is 0.0957 e. The van der Waals surface area contributed by atoms with Gasteiger partial charge in [0.2, 0.25) is 0 Å². The van der Waals surface area contributed by atoms with Gasteiger partial charge < -0.3 is 15.2 Å². The molecule has 1 aliphatic heterocycles. The summed E-state index contributed by atoms with van der Waals surface area (Å²) in [7, 11) is 0. The van der Waals surface area contributed by atoms with Crippen molar-refractivity contribution in [2.45, 2.75) is 19.1 Å². The van der Waals surface area contributed by atoms with Crippen LogP contribution in [-0.4, -0.2) is 32.0 Å². The topological polar surface area (TPSA) is 44.5 Å². The fourth-order valence-electron chi connectivity index (χ4n) is 0.810. The first-order valence-corrected chi connectivity index (χ1v) is 3.25. The van der Waals surface area contributed by atoms with Gasteiger partial charge in [0.25, 0.3) is 0 Å². The largest absolute Gasteiger partial charge is 0.376 e. The van der Waals surface area contributed by atoms with E-state index in [0.717, 1.165) is 0 Å². The van der Waals surface area contributed by atoms with E-state index in [0.29, 0.717) is 19.8 Å². The average molecular weight is 168 g/mol. The molecule has 4 heteroatoms. The van der Waals surface area contributed by atoms with E-state index in [1.54, 1.807) is 0 Å². The zero-order valence-electron chi connectivity index (χ0n) is 6.08. The lowest BCUT2D eigenvalue weighted by molar-refractivity contribution is -0.0948. The van der Waals surface area contributed by atoms with Crippen LogP contribution in [0.25, 0.3) is 0 Å². The number of rotatable bonds is 1. The maximum atomic E-state index is 5.56. The van der Waals surface area contributed by atoms with Crippen molar-refractivity contribution < 1.29 is 9.47 Å². The van der Waals surface area contributed by atoms with Crippen molar-refractivity contribution in [3.05, 3.63) is 0 Å². The van der Waals surface area contributed by atoms with Crippen molar-refractivity contribution in [2.75, 3.05) is 19.8 Å². The number of hydrogen-bond acceptors (Lipinski definition) is 3. The maximum Gasteiger partial charge on any atom is 0.0957 e. The highest BCUT2D eigenvalue weighted by Gasteiger charge is 2.17. The Morgan fingerprint density at radius 1 is 1.50 bits per heavy atom. The molecule has 1 rings (SSSR count). The summed E-state index contributed by atoms with van der Waals surface area (Å²) in [6, 6.07) is 0.0882.